The molecule has 0 heterocycles. The molecule has 0 radical (unpaired) electrons. The van der Waals surface area contributed by atoms with Crippen LogP contribution < -0.4 is 14.8 Å². The number of benzene rings is 2. The molecule has 6 nitrogen and oxygen atoms in total. The molecular formula is C19H19ClFNO5. The van der Waals surface area contributed by atoms with Gasteiger partial charge in [0, 0.05) is 11.1 Å². The van der Waals surface area contributed by atoms with Gasteiger partial charge in [0.05, 0.1) is 12.8 Å². The molecule has 0 fully saturated rings. The summed E-state index contributed by atoms with van der Waals surface area (Å²) in [6.07, 6.45) is -1.06. The van der Waals surface area contributed by atoms with Crippen LogP contribution in [0.1, 0.15) is 12.5 Å². The SMILES string of the molecule is COc1cc(Cl)c(C)cc1NC(=O)[C@H](C)OC(=O)COc1ccc(F)cc1. The van der Waals surface area contributed by atoms with Crippen LogP contribution in [0.5, 0.6) is 11.5 Å². The molecule has 0 aromatic heterocycles. The Bertz CT molecular complexity index is 826. The fraction of sp³-hybridized carbons (Fsp3) is 0.263. The van der Waals surface area contributed by atoms with Gasteiger partial charge in [0.2, 0.25) is 0 Å². The van der Waals surface area contributed by atoms with Crippen molar-refractivity contribution in [3.8, 4) is 11.5 Å². The number of aryl methyl sites for hydroxylation is 1. The van der Waals surface area contributed by atoms with E-state index in [-0.39, 0.29) is 0 Å². The summed E-state index contributed by atoms with van der Waals surface area (Å²) in [6, 6.07) is 8.42. The second kappa shape index (κ2) is 9.23. The zero-order valence-corrected chi connectivity index (χ0v) is 15.8. The molecule has 2 aromatic rings. The van der Waals surface area contributed by atoms with Gasteiger partial charge in [-0.25, -0.2) is 9.18 Å². The van der Waals surface area contributed by atoms with E-state index < -0.39 is 30.4 Å². The number of carbonyl (C=O) groups excluding carboxylic acids is 2. The third-order valence-electron chi connectivity index (χ3n) is 3.59. The van der Waals surface area contributed by atoms with E-state index in [1.807, 2.05) is 0 Å². The first-order valence-electron chi connectivity index (χ1n) is 8.03. The molecule has 144 valence electrons. The lowest BCUT2D eigenvalue weighted by molar-refractivity contribution is -0.155. The van der Waals surface area contributed by atoms with Crippen molar-refractivity contribution in [2.45, 2.75) is 20.0 Å². The van der Waals surface area contributed by atoms with Gasteiger partial charge in [-0.2, -0.15) is 0 Å². The van der Waals surface area contributed by atoms with Crippen molar-refractivity contribution in [1.82, 2.24) is 0 Å². The van der Waals surface area contributed by atoms with Crippen LogP contribution >= 0.6 is 11.6 Å². The Balaban J connectivity index is 1.90. The molecule has 1 atom stereocenters. The maximum Gasteiger partial charge on any atom is 0.344 e. The van der Waals surface area contributed by atoms with E-state index in [1.54, 1.807) is 19.1 Å². The average molecular weight is 396 g/mol. The fourth-order valence-corrected chi connectivity index (χ4v) is 2.28. The smallest absolute Gasteiger partial charge is 0.344 e. The van der Waals surface area contributed by atoms with Crippen molar-refractivity contribution in [1.29, 1.82) is 0 Å². The zero-order chi connectivity index (χ0) is 20.0. The molecular weight excluding hydrogens is 377 g/mol. The van der Waals surface area contributed by atoms with Crippen molar-refractivity contribution in [2.24, 2.45) is 0 Å². The Kier molecular flexibility index (Phi) is 7.01. The molecule has 0 bridgehead atoms. The summed E-state index contributed by atoms with van der Waals surface area (Å²) >= 11 is 6.03. The van der Waals surface area contributed by atoms with Gasteiger partial charge in [0.25, 0.3) is 5.91 Å². The van der Waals surface area contributed by atoms with Crippen molar-refractivity contribution < 1.29 is 28.2 Å². The standard InChI is InChI=1S/C19H19ClFNO5/c1-11-8-16(17(25-3)9-15(11)20)22-19(24)12(2)27-18(23)10-26-14-6-4-13(21)5-7-14/h4-9,12H,10H2,1-3H3,(H,22,24)/t12-/m0/s1. The molecule has 0 aliphatic carbocycles. The summed E-state index contributed by atoms with van der Waals surface area (Å²) in [7, 11) is 1.45. The maximum atomic E-state index is 12.8. The molecule has 0 aliphatic rings. The second-order valence-corrected chi connectivity index (χ2v) is 6.07. The quantitative estimate of drug-likeness (QED) is 0.723. The van der Waals surface area contributed by atoms with Crippen LogP contribution in [0.4, 0.5) is 10.1 Å². The first-order valence-corrected chi connectivity index (χ1v) is 8.40. The summed E-state index contributed by atoms with van der Waals surface area (Å²) in [5, 5.41) is 3.13. The number of hydrogen-bond acceptors (Lipinski definition) is 5. The molecule has 1 amide bonds. The van der Waals surface area contributed by atoms with Crippen molar-refractivity contribution in [3.05, 3.63) is 52.8 Å². The summed E-state index contributed by atoms with van der Waals surface area (Å²) in [5.41, 5.74) is 1.17. The molecule has 1 N–H and O–H groups in total. The largest absolute Gasteiger partial charge is 0.495 e. The highest BCUT2D eigenvalue weighted by atomic mass is 35.5. The predicted octanol–water partition coefficient (Wildman–Crippen LogP) is 3.75. The number of nitrogens with one attached hydrogen (secondary N) is 1. The summed E-state index contributed by atoms with van der Waals surface area (Å²) in [4.78, 5) is 24.1. The first kappa shape index (κ1) is 20.5. The van der Waals surface area contributed by atoms with Gasteiger partial charge in [-0.1, -0.05) is 11.6 Å². The van der Waals surface area contributed by atoms with Crippen LogP contribution in [0.25, 0.3) is 0 Å². The van der Waals surface area contributed by atoms with Gasteiger partial charge >= 0.3 is 5.97 Å². The monoisotopic (exact) mass is 395 g/mol. The summed E-state index contributed by atoms with van der Waals surface area (Å²) < 4.78 is 28.2. The number of ether oxygens (including phenoxy) is 3. The van der Waals surface area contributed by atoms with Crippen LogP contribution in [0.3, 0.4) is 0 Å². The van der Waals surface area contributed by atoms with Crippen molar-refractivity contribution in [3.63, 3.8) is 0 Å². The van der Waals surface area contributed by atoms with Gasteiger partial charge in [0.15, 0.2) is 12.7 Å². The predicted molar refractivity (Wildman–Crippen MR) is 98.8 cm³/mol. The number of rotatable bonds is 7. The zero-order valence-electron chi connectivity index (χ0n) is 15.0. The molecule has 2 aromatic carbocycles. The number of carbonyl (C=O) groups is 2. The van der Waals surface area contributed by atoms with E-state index in [0.29, 0.717) is 22.2 Å². The van der Waals surface area contributed by atoms with E-state index in [2.05, 4.69) is 5.32 Å². The molecule has 0 saturated carbocycles. The number of amides is 1. The lowest BCUT2D eigenvalue weighted by atomic mass is 10.2. The van der Waals surface area contributed by atoms with Crippen molar-refractivity contribution in [2.75, 3.05) is 19.0 Å². The van der Waals surface area contributed by atoms with Gasteiger partial charge in [-0.3, -0.25) is 4.79 Å². The topological polar surface area (TPSA) is 73.9 Å². The normalized spacial score (nSPS) is 11.4. The lowest BCUT2D eigenvalue weighted by Gasteiger charge is -2.16. The Morgan fingerprint density at radius 3 is 2.52 bits per heavy atom. The Morgan fingerprint density at radius 2 is 1.89 bits per heavy atom. The number of methoxy groups -OCH3 is 1. The Morgan fingerprint density at radius 1 is 1.22 bits per heavy atom. The van der Waals surface area contributed by atoms with Crippen LogP contribution in [0.2, 0.25) is 5.02 Å². The maximum absolute atomic E-state index is 12.8. The number of halogens is 2. The number of esters is 1. The minimum absolute atomic E-state index is 0.312. The molecule has 0 spiro atoms. The molecule has 0 saturated heterocycles. The van der Waals surface area contributed by atoms with Gasteiger partial charge in [0.1, 0.15) is 17.3 Å². The Hall–Kier alpha value is -2.80. The third kappa shape index (κ3) is 5.86. The number of hydrogen-bond donors (Lipinski definition) is 1. The van der Waals surface area contributed by atoms with Crippen LogP contribution in [-0.2, 0) is 14.3 Å². The number of anilines is 1. The van der Waals surface area contributed by atoms with Crippen molar-refractivity contribution >= 4 is 29.2 Å². The summed E-state index contributed by atoms with van der Waals surface area (Å²) in [5.74, 6) is -0.988. The molecule has 0 aliphatic heterocycles. The molecule has 27 heavy (non-hydrogen) atoms. The molecule has 0 unspecified atom stereocenters. The van der Waals surface area contributed by atoms with Gasteiger partial charge < -0.3 is 19.5 Å². The first-order chi connectivity index (χ1) is 12.8. The van der Waals surface area contributed by atoms with Gasteiger partial charge in [-0.05, 0) is 49.7 Å². The molecule has 2 rings (SSSR count). The van der Waals surface area contributed by atoms with E-state index in [9.17, 15) is 14.0 Å². The minimum atomic E-state index is -1.06. The van der Waals surface area contributed by atoms with E-state index in [4.69, 9.17) is 25.8 Å². The average Bonchev–Trinajstić information content (AvgIpc) is 2.63. The third-order valence-corrected chi connectivity index (χ3v) is 3.99. The van der Waals surface area contributed by atoms with E-state index >= 15 is 0 Å². The highest BCUT2D eigenvalue weighted by Gasteiger charge is 2.20. The molecule has 8 heteroatoms. The van der Waals surface area contributed by atoms with Crippen LogP contribution in [0.15, 0.2) is 36.4 Å². The fourth-order valence-electron chi connectivity index (χ4n) is 2.12. The summed E-state index contributed by atoms with van der Waals surface area (Å²) in [6.45, 7) is 2.81. The van der Waals surface area contributed by atoms with Gasteiger partial charge in [-0.15, -0.1) is 0 Å². The van der Waals surface area contributed by atoms with Crippen LogP contribution in [0, 0.1) is 12.7 Å². The second-order valence-electron chi connectivity index (χ2n) is 5.67. The minimum Gasteiger partial charge on any atom is -0.495 e. The highest BCUT2D eigenvalue weighted by Crippen LogP contribution is 2.31. The van der Waals surface area contributed by atoms with Crippen LogP contribution in [-0.4, -0.2) is 31.7 Å². The lowest BCUT2D eigenvalue weighted by Crippen LogP contribution is -2.31. The highest BCUT2D eigenvalue weighted by molar-refractivity contribution is 6.31. The van der Waals surface area contributed by atoms with E-state index in [0.717, 1.165) is 5.56 Å². The van der Waals surface area contributed by atoms with E-state index in [1.165, 1.54) is 38.3 Å². The Labute approximate surface area is 161 Å².